The number of allylic oxidation sites excluding steroid dienone is 1. The second-order valence-electron chi connectivity index (χ2n) is 18.8. The number of fused-ring (bicyclic) bond motifs is 2. The smallest absolute Gasteiger partial charge is 0.267 e. The molecule has 2 saturated heterocycles. The van der Waals surface area contributed by atoms with Gasteiger partial charge in [-0.3, -0.25) is 19.5 Å². The normalized spacial score (nSPS) is 19.2. The van der Waals surface area contributed by atoms with Crippen molar-refractivity contribution in [3.63, 3.8) is 0 Å². The van der Waals surface area contributed by atoms with Crippen LogP contribution >= 0.6 is 23.2 Å². The fourth-order valence-corrected chi connectivity index (χ4v) is 11.2. The molecule has 1 amide bonds. The molecule has 2 aliphatic heterocycles. The van der Waals surface area contributed by atoms with E-state index in [1.807, 2.05) is 36.4 Å². The summed E-state index contributed by atoms with van der Waals surface area (Å²) in [6.07, 6.45) is 11.5. The quantitative estimate of drug-likeness (QED) is 0.123. The number of sulfonamides is 1. The zero-order chi connectivity index (χ0) is 44.2. The maximum Gasteiger partial charge on any atom is 0.267 e. The fraction of sp³-hybridized carbons (Fsp3) is 0.408. The lowest BCUT2D eigenvalue weighted by Crippen LogP contribution is -2.47. The van der Waals surface area contributed by atoms with Gasteiger partial charge in [-0.05, 0) is 141 Å². The van der Waals surface area contributed by atoms with Crippen molar-refractivity contribution in [1.82, 2.24) is 34.3 Å². The standard InChI is InChI=1S/C49H54Cl2N8O4S/c1-49(2)17-13-35(41(28-49)33-3-5-36(50)6-4-33)30-56-21-23-58(24-22-56)38-9-11-40(44(26-38)59-45-25-34-14-18-52-47(34)54-43(45)29-53-59)48(60)55-64(61,62)39-10-12-46(42(51)27-39)63-31-32-15-19-57(20-16-32)37-7-8-37/h3-6,9-12,14,18,25-27,29,32,37,53H,7-8,13,15-17,19-24,28,30-31H2,1-2H3,(H,55,60). The Balaban J connectivity index is 0.872. The molecule has 2 aliphatic carbocycles. The lowest BCUT2D eigenvalue weighted by Gasteiger charge is -2.39. The van der Waals surface area contributed by atoms with Gasteiger partial charge in [0.05, 0.1) is 33.3 Å². The van der Waals surface area contributed by atoms with Crippen LogP contribution in [0.2, 0.25) is 10.0 Å². The Bertz CT molecular complexity index is 2850. The molecule has 3 aromatic carbocycles. The maximum absolute atomic E-state index is 14.2. The Morgan fingerprint density at radius 2 is 1.70 bits per heavy atom. The monoisotopic (exact) mass is 920 g/mol. The summed E-state index contributed by atoms with van der Waals surface area (Å²) in [5, 5.41) is 5.04. The minimum Gasteiger partial charge on any atom is -0.492 e. The molecule has 1 saturated carbocycles. The summed E-state index contributed by atoms with van der Waals surface area (Å²) in [4.78, 5) is 30.6. The molecular weight excluding hydrogens is 868 g/mol. The van der Waals surface area contributed by atoms with E-state index in [9.17, 15) is 13.2 Å². The van der Waals surface area contributed by atoms with Crippen LogP contribution < -0.4 is 14.4 Å². The molecule has 5 heterocycles. The second kappa shape index (κ2) is 17.5. The van der Waals surface area contributed by atoms with Gasteiger partial charge in [0, 0.05) is 67.3 Å². The summed E-state index contributed by atoms with van der Waals surface area (Å²) in [5.41, 5.74) is 8.00. The van der Waals surface area contributed by atoms with E-state index < -0.39 is 15.9 Å². The Hall–Kier alpha value is -4.92. The van der Waals surface area contributed by atoms with Crippen LogP contribution in [0.5, 0.6) is 5.75 Å². The first-order valence-electron chi connectivity index (χ1n) is 22.5. The first kappa shape index (κ1) is 43.0. The van der Waals surface area contributed by atoms with Crippen molar-refractivity contribution < 1.29 is 17.9 Å². The number of benzene rings is 3. The van der Waals surface area contributed by atoms with E-state index >= 15 is 0 Å². The molecule has 2 N–H and O–H groups in total. The average molecular weight is 922 g/mol. The molecule has 0 spiro atoms. The third-order valence-corrected chi connectivity index (χ3v) is 15.6. The van der Waals surface area contributed by atoms with Gasteiger partial charge in [-0.25, -0.2) is 23.1 Å². The van der Waals surface area contributed by atoms with E-state index in [2.05, 4.69) is 55.5 Å². The zero-order valence-electron chi connectivity index (χ0n) is 36.3. The van der Waals surface area contributed by atoms with Gasteiger partial charge in [-0.1, -0.05) is 54.8 Å². The van der Waals surface area contributed by atoms with Crippen LogP contribution in [0.1, 0.15) is 74.7 Å². The summed E-state index contributed by atoms with van der Waals surface area (Å²) >= 11 is 12.9. The summed E-state index contributed by atoms with van der Waals surface area (Å²) in [5.74, 6) is 0.0645. The predicted molar refractivity (Wildman–Crippen MR) is 254 cm³/mol. The minimum absolute atomic E-state index is 0.131. The number of piperidine rings is 1. The summed E-state index contributed by atoms with van der Waals surface area (Å²) < 4.78 is 37.9. The number of likely N-dealkylation sites (tertiary alicyclic amines) is 1. The van der Waals surface area contributed by atoms with Gasteiger partial charge >= 0.3 is 0 Å². The van der Waals surface area contributed by atoms with Gasteiger partial charge < -0.3 is 14.5 Å². The Kier molecular flexibility index (Phi) is 11.7. The van der Waals surface area contributed by atoms with Crippen LogP contribution in [0.15, 0.2) is 95.7 Å². The number of carbonyl (C=O) groups is 1. The molecule has 6 aromatic rings. The number of H-pyrrole nitrogens is 1. The number of nitrogens with zero attached hydrogens (tertiary/aromatic N) is 6. The number of nitrogens with one attached hydrogen (secondary N) is 2. The Morgan fingerprint density at radius 3 is 2.45 bits per heavy atom. The van der Waals surface area contributed by atoms with E-state index in [4.69, 9.17) is 32.9 Å². The first-order valence-corrected chi connectivity index (χ1v) is 24.7. The van der Waals surface area contributed by atoms with E-state index in [1.54, 1.807) is 29.2 Å². The van der Waals surface area contributed by atoms with E-state index in [-0.39, 0.29) is 20.9 Å². The van der Waals surface area contributed by atoms with Crippen LogP contribution in [-0.2, 0) is 10.0 Å². The van der Waals surface area contributed by atoms with E-state index in [1.165, 1.54) is 41.7 Å². The predicted octanol–water partition coefficient (Wildman–Crippen LogP) is 9.37. The van der Waals surface area contributed by atoms with Crippen LogP contribution in [0.25, 0.3) is 33.3 Å². The number of amides is 1. The third-order valence-electron chi connectivity index (χ3n) is 13.7. The number of anilines is 1. The van der Waals surface area contributed by atoms with Gasteiger partial charge in [0.2, 0.25) is 0 Å². The van der Waals surface area contributed by atoms with Crippen LogP contribution in [0, 0.1) is 11.3 Å². The molecular formula is C49H54Cl2N8O4S. The van der Waals surface area contributed by atoms with Crippen molar-refractivity contribution in [3.8, 4) is 11.4 Å². The SMILES string of the molecule is CC1(C)CCC(CN2CCN(c3ccc(C(=O)NS(=O)(=O)c4ccc(OCC5CCN(C6CC6)CC5)c(Cl)c4)c(-n4[nH]cc5nc6nccc6cc54)c3)CC2)=C(c2ccc(Cl)cc2)C1. The Morgan fingerprint density at radius 1 is 0.922 bits per heavy atom. The molecule has 3 aromatic heterocycles. The number of halogens is 2. The van der Waals surface area contributed by atoms with Crippen molar-refractivity contribution in [1.29, 1.82) is 0 Å². The largest absolute Gasteiger partial charge is 0.492 e. The Labute approximate surface area is 384 Å². The van der Waals surface area contributed by atoms with Crippen LogP contribution in [0.4, 0.5) is 5.69 Å². The van der Waals surface area contributed by atoms with Gasteiger partial charge in [0.1, 0.15) is 11.3 Å². The highest BCUT2D eigenvalue weighted by atomic mass is 35.5. The van der Waals surface area contributed by atoms with Crippen molar-refractivity contribution in [2.45, 2.75) is 69.7 Å². The minimum atomic E-state index is -4.33. The highest BCUT2D eigenvalue weighted by Crippen LogP contribution is 2.43. The third kappa shape index (κ3) is 9.15. The lowest BCUT2D eigenvalue weighted by atomic mass is 9.72. The molecule has 12 nitrogen and oxygen atoms in total. The van der Waals surface area contributed by atoms with Crippen molar-refractivity contribution in [2.24, 2.45) is 11.3 Å². The number of piperazine rings is 1. The van der Waals surface area contributed by atoms with Gasteiger partial charge in [0.15, 0.2) is 5.65 Å². The van der Waals surface area contributed by atoms with Crippen molar-refractivity contribution in [2.75, 3.05) is 57.3 Å². The molecule has 4 aliphatic rings. The van der Waals surface area contributed by atoms with E-state index in [0.29, 0.717) is 35.1 Å². The molecule has 334 valence electrons. The molecule has 15 heteroatoms. The van der Waals surface area contributed by atoms with Gasteiger partial charge in [0.25, 0.3) is 15.9 Å². The topological polar surface area (TPSA) is 129 Å². The average Bonchev–Trinajstić information content (AvgIpc) is 3.90. The zero-order valence-corrected chi connectivity index (χ0v) is 38.7. The van der Waals surface area contributed by atoms with Gasteiger partial charge in [-0.2, -0.15) is 0 Å². The number of rotatable bonds is 12. The second-order valence-corrected chi connectivity index (χ2v) is 21.3. The molecule has 3 fully saturated rings. The first-order chi connectivity index (χ1) is 30.9. The summed E-state index contributed by atoms with van der Waals surface area (Å²) in [7, 11) is -4.33. The number of carbonyl (C=O) groups excluding carboxylic acids is 1. The summed E-state index contributed by atoms with van der Waals surface area (Å²) in [6.45, 7) is 11.6. The number of hydrogen-bond acceptors (Lipinski definition) is 9. The van der Waals surface area contributed by atoms with Crippen LogP contribution in [-0.4, -0.2) is 102 Å². The fourth-order valence-electron chi connectivity index (χ4n) is 9.74. The number of pyridine rings is 1. The van der Waals surface area contributed by atoms with Crippen molar-refractivity contribution >= 4 is 72.5 Å². The van der Waals surface area contributed by atoms with E-state index in [0.717, 1.165) is 106 Å². The number of hydrogen-bond donors (Lipinski definition) is 2. The number of aromatic amines is 1. The van der Waals surface area contributed by atoms with Gasteiger partial charge in [-0.15, -0.1) is 0 Å². The summed E-state index contributed by atoms with van der Waals surface area (Å²) in [6, 6.07) is 22.8. The molecule has 0 radical (unpaired) electrons. The van der Waals surface area contributed by atoms with Crippen molar-refractivity contribution in [3.05, 3.63) is 112 Å². The maximum atomic E-state index is 14.2. The molecule has 0 atom stereocenters. The molecule has 0 unspecified atom stereocenters. The number of ether oxygens (including phenoxy) is 1. The molecule has 64 heavy (non-hydrogen) atoms. The number of aromatic nitrogens is 4. The van der Waals surface area contributed by atoms with Crippen LogP contribution in [0.3, 0.4) is 0 Å². The molecule has 0 bridgehead atoms. The molecule has 10 rings (SSSR count). The lowest BCUT2D eigenvalue weighted by molar-refractivity contribution is 0.0981. The highest BCUT2D eigenvalue weighted by molar-refractivity contribution is 7.90. The highest BCUT2D eigenvalue weighted by Gasteiger charge is 2.33.